The number of benzene rings is 10. The first kappa shape index (κ1) is 31.0. The van der Waals surface area contributed by atoms with Crippen molar-refractivity contribution in [1.29, 1.82) is 0 Å². The molecule has 0 N–H and O–H groups in total. The molecular weight excluding hydrogens is 713 g/mol. The number of aromatic nitrogens is 2. The summed E-state index contributed by atoms with van der Waals surface area (Å²) in [5.41, 5.74) is 8.61. The molecule has 0 amide bonds. The van der Waals surface area contributed by atoms with Gasteiger partial charge in [-0.05, 0) is 115 Å². The first-order valence-corrected chi connectivity index (χ1v) is 20.2. The molecule has 0 bridgehead atoms. The third kappa shape index (κ3) is 4.44. The Hall–Kier alpha value is -7.27. The van der Waals surface area contributed by atoms with E-state index in [0.29, 0.717) is 5.89 Å². The second-order valence-corrected chi connectivity index (χ2v) is 16.1. The highest BCUT2D eigenvalue weighted by molar-refractivity contribution is 7.26. The smallest absolute Gasteiger partial charge is 0.227 e. The maximum Gasteiger partial charge on any atom is 0.227 e. The lowest BCUT2D eigenvalue weighted by atomic mass is 9.93. The topological polar surface area (TPSA) is 31.0 Å². The summed E-state index contributed by atoms with van der Waals surface area (Å²) < 4.78 is 11.4. The number of oxazole rings is 1. The number of thiophene rings is 1. The predicted molar refractivity (Wildman–Crippen MR) is 242 cm³/mol. The zero-order valence-electron chi connectivity index (χ0n) is 30.5. The highest BCUT2D eigenvalue weighted by Gasteiger charge is 2.19. The quantitative estimate of drug-likeness (QED) is 0.169. The number of hydrogen-bond acceptors (Lipinski definition) is 3. The Kier molecular flexibility index (Phi) is 6.32. The fourth-order valence-corrected chi connectivity index (χ4v) is 10.6. The van der Waals surface area contributed by atoms with Crippen LogP contribution in [0.25, 0.3) is 124 Å². The highest BCUT2D eigenvalue weighted by atomic mass is 32.1. The molecule has 0 radical (unpaired) electrons. The summed E-state index contributed by atoms with van der Waals surface area (Å²) in [5, 5.41) is 15.0. The van der Waals surface area contributed by atoms with Gasteiger partial charge in [0.1, 0.15) is 5.52 Å². The van der Waals surface area contributed by atoms with E-state index in [-0.39, 0.29) is 0 Å². The average Bonchev–Trinajstić information content (AvgIpc) is 3.98. The largest absolute Gasteiger partial charge is 0.436 e. The van der Waals surface area contributed by atoms with E-state index in [1.807, 2.05) is 11.3 Å². The normalized spacial score (nSPS) is 12.2. The van der Waals surface area contributed by atoms with Crippen molar-refractivity contribution in [2.75, 3.05) is 0 Å². The van der Waals surface area contributed by atoms with Crippen LogP contribution in [0.15, 0.2) is 186 Å². The Morgan fingerprint density at radius 2 is 1.04 bits per heavy atom. The molecule has 0 unspecified atom stereocenters. The molecule has 57 heavy (non-hydrogen) atoms. The minimum atomic E-state index is 0.627. The minimum Gasteiger partial charge on any atom is -0.436 e. The van der Waals surface area contributed by atoms with E-state index in [9.17, 15) is 0 Å². The number of fused-ring (bicyclic) bond motifs is 15. The summed E-state index contributed by atoms with van der Waals surface area (Å²) in [6, 6.07) is 66.0. The summed E-state index contributed by atoms with van der Waals surface area (Å²) in [6.45, 7) is 0. The molecule has 0 aliphatic rings. The molecule has 0 aliphatic heterocycles. The Balaban J connectivity index is 0.933. The van der Waals surface area contributed by atoms with Crippen LogP contribution in [0.1, 0.15) is 0 Å². The summed E-state index contributed by atoms with van der Waals surface area (Å²) >= 11 is 1.82. The van der Waals surface area contributed by atoms with Crippen LogP contribution in [0.5, 0.6) is 0 Å². The molecule has 3 aromatic heterocycles. The van der Waals surface area contributed by atoms with Crippen LogP contribution in [0.4, 0.5) is 0 Å². The summed E-state index contributed by atoms with van der Waals surface area (Å²) in [5.74, 6) is 0.627. The number of rotatable bonds is 3. The molecule has 3 heterocycles. The van der Waals surface area contributed by atoms with Gasteiger partial charge in [-0.15, -0.1) is 11.3 Å². The van der Waals surface area contributed by atoms with Gasteiger partial charge in [0.2, 0.25) is 5.89 Å². The van der Waals surface area contributed by atoms with Gasteiger partial charge in [0.05, 0.1) is 11.0 Å². The SMILES string of the molecule is c1ccc2c(c1)cc(-c1ccc3c(c1)sc1ccc4oc(-c5ccc(-n6c7ccc8ccccc8c7c7c8ccccc8ccc76)cc5)nc4c13)c1ccccc12. The highest BCUT2D eigenvalue weighted by Crippen LogP contribution is 2.44. The lowest BCUT2D eigenvalue weighted by molar-refractivity contribution is 0.620. The summed E-state index contributed by atoms with van der Waals surface area (Å²) in [6.07, 6.45) is 0. The fraction of sp³-hybridized carbons (Fsp3) is 0. The van der Waals surface area contributed by atoms with E-state index in [1.165, 1.54) is 90.8 Å². The lowest BCUT2D eigenvalue weighted by Gasteiger charge is -2.11. The van der Waals surface area contributed by atoms with Crippen molar-refractivity contribution in [2.45, 2.75) is 0 Å². The summed E-state index contributed by atoms with van der Waals surface area (Å²) in [7, 11) is 0. The van der Waals surface area contributed by atoms with E-state index < -0.39 is 0 Å². The molecule has 0 atom stereocenters. The van der Waals surface area contributed by atoms with Crippen molar-refractivity contribution in [3.63, 3.8) is 0 Å². The maximum atomic E-state index is 6.52. The average molecular weight is 743 g/mol. The van der Waals surface area contributed by atoms with Crippen LogP contribution in [0, 0.1) is 0 Å². The van der Waals surface area contributed by atoms with Crippen LogP contribution in [-0.2, 0) is 0 Å². The van der Waals surface area contributed by atoms with Crippen molar-refractivity contribution in [1.82, 2.24) is 9.55 Å². The number of hydrogen-bond donors (Lipinski definition) is 0. The first-order chi connectivity index (χ1) is 28.2. The third-order valence-electron chi connectivity index (χ3n) is 12.0. The Labute approximate surface area is 330 Å². The van der Waals surface area contributed by atoms with Crippen LogP contribution < -0.4 is 0 Å². The Morgan fingerprint density at radius 3 is 1.75 bits per heavy atom. The van der Waals surface area contributed by atoms with Gasteiger partial charge in [-0.2, -0.15) is 0 Å². The minimum absolute atomic E-state index is 0.627. The monoisotopic (exact) mass is 742 g/mol. The molecule has 0 fully saturated rings. The van der Waals surface area contributed by atoms with Gasteiger partial charge in [0, 0.05) is 42.2 Å². The fourth-order valence-electron chi connectivity index (χ4n) is 9.42. The van der Waals surface area contributed by atoms with Crippen molar-refractivity contribution in [2.24, 2.45) is 0 Å². The first-order valence-electron chi connectivity index (χ1n) is 19.4. The Bertz CT molecular complexity index is 3720. The van der Waals surface area contributed by atoms with Gasteiger partial charge in [-0.1, -0.05) is 121 Å². The van der Waals surface area contributed by atoms with Crippen LogP contribution >= 0.6 is 11.3 Å². The molecule has 0 saturated heterocycles. The van der Waals surface area contributed by atoms with Gasteiger partial charge in [-0.3, -0.25) is 0 Å². The van der Waals surface area contributed by atoms with E-state index in [4.69, 9.17) is 9.40 Å². The van der Waals surface area contributed by atoms with E-state index in [0.717, 1.165) is 27.7 Å². The van der Waals surface area contributed by atoms with Gasteiger partial charge in [0.15, 0.2) is 5.58 Å². The molecule has 264 valence electrons. The molecule has 13 rings (SSSR count). The third-order valence-corrected chi connectivity index (χ3v) is 13.1. The summed E-state index contributed by atoms with van der Waals surface area (Å²) in [4.78, 5) is 5.18. The Morgan fingerprint density at radius 1 is 0.421 bits per heavy atom. The van der Waals surface area contributed by atoms with Crippen LogP contribution in [-0.4, -0.2) is 9.55 Å². The molecule has 0 spiro atoms. The van der Waals surface area contributed by atoms with Crippen molar-refractivity contribution >= 4 is 108 Å². The zero-order valence-corrected chi connectivity index (χ0v) is 31.3. The second kappa shape index (κ2) is 11.6. The number of nitrogens with zero attached hydrogens (tertiary/aromatic N) is 2. The zero-order chi connectivity index (χ0) is 37.2. The molecule has 4 heteroatoms. The van der Waals surface area contributed by atoms with Gasteiger partial charge >= 0.3 is 0 Å². The molecule has 10 aromatic carbocycles. The van der Waals surface area contributed by atoms with Crippen LogP contribution in [0.3, 0.4) is 0 Å². The van der Waals surface area contributed by atoms with Crippen molar-refractivity contribution < 1.29 is 4.42 Å². The molecule has 0 aliphatic carbocycles. The van der Waals surface area contributed by atoms with Crippen molar-refractivity contribution in [3.05, 3.63) is 182 Å². The molecule has 3 nitrogen and oxygen atoms in total. The second-order valence-electron chi connectivity index (χ2n) is 15.1. The standard InChI is InChI=1S/C53H30N2OS/c1-5-13-38-31(9-1)20-25-44-49(38)50-39-14-6-2-10-32(39)21-26-45(50)55(44)36-22-17-33(18-23-36)53-54-52-46(56-53)27-28-47-51(52)42-24-19-35(30-48(42)57-47)43-29-34-11-3-4-12-37(34)40-15-7-8-16-41(40)43/h1-30H. The van der Waals surface area contributed by atoms with E-state index >= 15 is 0 Å². The van der Waals surface area contributed by atoms with Gasteiger partial charge < -0.3 is 8.98 Å². The van der Waals surface area contributed by atoms with E-state index in [1.54, 1.807) is 0 Å². The van der Waals surface area contributed by atoms with Gasteiger partial charge in [0.25, 0.3) is 0 Å². The van der Waals surface area contributed by atoms with E-state index in [2.05, 4.69) is 187 Å². The molecule has 0 saturated carbocycles. The van der Waals surface area contributed by atoms with Gasteiger partial charge in [-0.25, -0.2) is 4.98 Å². The lowest BCUT2D eigenvalue weighted by Crippen LogP contribution is -1.94. The van der Waals surface area contributed by atoms with Crippen LogP contribution in [0.2, 0.25) is 0 Å². The maximum absolute atomic E-state index is 6.52. The predicted octanol–water partition coefficient (Wildman–Crippen LogP) is 15.2. The molecular formula is C53H30N2OS. The van der Waals surface area contributed by atoms with Crippen molar-refractivity contribution in [3.8, 4) is 28.3 Å². The molecule has 13 aromatic rings.